The quantitative estimate of drug-likeness (QED) is 0.163. The lowest BCUT2D eigenvalue weighted by Gasteiger charge is -2.29. The number of aromatic nitrogens is 6. The van der Waals surface area contributed by atoms with Gasteiger partial charge in [0.25, 0.3) is 0 Å². The Bertz CT molecular complexity index is 3880. The van der Waals surface area contributed by atoms with E-state index in [9.17, 15) is 13.2 Å². The van der Waals surface area contributed by atoms with Crippen LogP contribution in [0.5, 0.6) is 0 Å². The second-order valence-corrected chi connectivity index (χ2v) is 24.3. The number of nitrogens with zero attached hydrogens (tertiary/aromatic N) is 16. The molecule has 19 heteroatoms. The molecule has 0 saturated heterocycles. The van der Waals surface area contributed by atoms with E-state index in [0.717, 1.165) is 57.9 Å². The molecule has 0 N–H and O–H groups in total. The fourth-order valence-electron chi connectivity index (χ4n) is 12.9. The van der Waals surface area contributed by atoms with Crippen LogP contribution in [0, 0.1) is 34.6 Å². The van der Waals surface area contributed by atoms with E-state index in [1.807, 2.05) is 74.6 Å². The molecule has 0 unspecified atom stereocenters. The normalized spacial score (nSPS) is 18.0. The molecule has 0 saturated carbocycles. The summed E-state index contributed by atoms with van der Waals surface area (Å²) in [5.41, 5.74) is 15.0. The highest BCUT2D eigenvalue weighted by molar-refractivity contribution is 5.86. The summed E-state index contributed by atoms with van der Waals surface area (Å²) < 4.78 is 39.1. The summed E-state index contributed by atoms with van der Waals surface area (Å²) in [5.74, 6) is 5.83. The van der Waals surface area contributed by atoms with E-state index >= 15 is 0 Å². The molecule has 94 heavy (non-hydrogen) atoms. The zero-order valence-corrected chi connectivity index (χ0v) is 56.2. The summed E-state index contributed by atoms with van der Waals surface area (Å²) in [6.45, 7) is 21.1. The largest absolute Gasteiger partial charge is 0.416 e. The minimum atomic E-state index is -4.34. The van der Waals surface area contributed by atoms with Gasteiger partial charge in [0.2, 0.25) is 0 Å². The van der Waals surface area contributed by atoms with Crippen molar-refractivity contribution in [3.8, 4) is 0 Å². The van der Waals surface area contributed by atoms with Gasteiger partial charge in [-0.25, -0.2) is 29.9 Å². The van der Waals surface area contributed by atoms with Crippen molar-refractivity contribution < 1.29 is 13.2 Å². The zero-order chi connectivity index (χ0) is 66.9. The van der Waals surface area contributed by atoms with Crippen molar-refractivity contribution in [2.24, 2.45) is 0 Å². The molecule has 0 spiro atoms. The Morgan fingerprint density at radius 3 is 1.02 bits per heavy atom. The predicted molar refractivity (Wildman–Crippen MR) is 380 cm³/mol. The monoisotopic (exact) mass is 1260 g/mol. The van der Waals surface area contributed by atoms with Crippen LogP contribution < -0.4 is 49.0 Å². The van der Waals surface area contributed by atoms with Gasteiger partial charge >= 0.3 is 6.18 Å². The van der Waals surface area contributed by atoms with Crippen LogP contribution in [0.2, 0.25) is 0 Å². The molecule has 0 bridgehead atoms. The summed E-state index contributed by atoms with van der Waals surface area (Å²) in [6, 6.07) is 53.6. The highest BCUT2D eigenvalue weighted by Gasteiger charge is 2.39. The highest BCUT2D eigenvalue weighted by Crippen LogP contribution is 2.48. The van der Waals surface area contributed by atoms with Crippen LogP contribution in [0.3, 0.4) is 0 Å². The number of aryl methyl sites for hydroxylation is 5. The SMILES string of the molecule is Cc1ccc(C(F)(F)F)cc1N1c2ccccc2N(C)[C@@H]1C.Cc1ccccc1N1c2cccnc2N(C)[C@@H]1C.Cc1ccccc1N1c2ncccc2N(C)[C@@H]1C.Cc1ccccc1N1c2nccnc2N(C)[C@@H]1C.Cc1ccccc1N1c2nccnc2N(C)[C@@H]1C. The van der Waals surface area contributed by atoms with Gasteiger partial charge in [0, 0.05) is 101 Å². The number of fused-ring (bicyclic) bond motifs is 5. The first-order chi connectivity index (χ1) is 45.1. The first-order valence-corrected chi connectivity index (χ1v) is 31.7. The Labute approximate surface area is 551 Å². The molecular weight excluding hydrogens is 1180 g/mol. The Kier molecular flexibility index (Phi) is 18.7. The molecule has 0 fully saturated rings. The molecule has 10 aromatic rings. The van der Waals surface area contributed by atoms with E-state index in [4.69, 9.17) is 0 Å². The summed E-state index contributed by atoms with van der Waals surface area (Å²) in [5, 5.41) is 0. The maximum Gasteiger partial charge on any atom is 0.416 e. The lowest BCUT2D eigenvalue weighted by Crippen LogP contribution is -2.36. The molecule has 6 aromatic carbocycles. The predicted octanol–water partition coefficient (Wildman–Crippen LogP) is 17.0. The average Bonchev–Trinajstić information content (AvgIpc) is 1.65. The smallest absolute Gasteiger partial charge is 0.353 e. The van der Waals surface area contributed by atoms with Gasteiger partial charge in [0.05, 0.1) is 28.3 Å². The number of rotatable bonds is 5. The van der Waals surface area contributed by atoms with Crippen LogP contribution in [0.15, 0.2) is 201 Å². The number of hydrogen-bond acceptors (Lipinski definition) is 16. The van der Waals surface area contributed by atoms with Crippen LogP contribution in [-0.2, 0) is 6.18 Å². The molecule has 15 rings (SSSR count). The fraction of sp³-hybridized carbons (Fsp3) is 0.280. The first-order valence-electron chi connectivity index (χ1n) is 31.7. The summed E-state index contributed by atoms with van der Waals surface area (Å²) in [6.07, 6.45) is 7.33. The van der Waals surface area contributed by atoms with Crippen LogP contribution in [-0.4, -0.2) is 96.0 Å². The summed E-state index contributed by atoms with van der Waals surface area (Å²) >= 11 is 0. The minimum Gasteiger partial charge on any atom is -0.353 e. The third kappa shape index (κ3) is 12.3. The third-order valence-corrected chi connectivity index (χ3v) is 18.7. The highest BCUT2D eigenvalue weighted by atomic mass is 19.4. The Balaban J connectivity index is 0.000000120. The van der Waals surface area contributed by atoms with Crippen molar-refractivity contribution in [1.82, 2.24) is 29.9 Å². The van der Waals surface area contributed by atoms with Gasteiger partial charge in [-0.3, -0.25) is 0 Å². The molecular formula is C75H83F3N16. The lowest BCUT2D eigenvalue weighted by atomic mass is 10.1. The van der Waals surface area contributed by atoms with Gasteiger partial charge in [-0.15, -0.1) is 0 Å². The van der Waals surface area contributed by atoms with E-state index in [0.29, 0.717) is 5.69 Å². The molecule has 5 aliphatic heterocycles. The maximum absolute atomic E-state index is 13.0. The van der Waals surface area contributed by atoms with Crippen molar-refractivity contribution >= 4 is 86.1 Å². The van der Waals surface area contributed by atoms with Crippen LogP contribution in [0.25, 0.3) is 0 Å². The summed E-state index contributed by atoms with van der Waals surface area (Å²) in [4.78, 5) is 48.7. The lowest BCUT2D eigenvalue weighted by molar-refractivity contribution is -0.137. The van der Waals surface area contributed by atoms with Crippen molar-refractivity contribution in [3.05, 3.63) is 234 Å². The number of benzene rings is 6. The van der Waals surface area contributed by atoms with Gasteiger partial charge in [-0.1, -0.05) is 91.0 Å². The van der Waals surface area contributed by atoms with E-state index in [-0.39, 0.29) is 30.8 Å². The van der Waals surface area contributed by atoms with E-state index in [1.54, 1.807) is 24.8 Å². The number of hydrogen-bond donors (Lipinski definition) is 0. The van der Waals surface area contributed by atoms with Crippen molar-refractivity contribution in [1.29, 1.82) is 0 Å². The Hall–Kier alpha value is -10.4. The second kappa shape index (κ2) is 27.0. The molecule has 9 heterocycles. The van der Waals surface area contributed by atoms with Gasteiger partial charge in [-0.2, -0.15) is 13.2 Å². The molecule has 0 amide bonds. The van der Waals surface area contributed by atoms with Gasteiger partial charge in [0.1, 0.15) is 30.8 Å². The molecule has 4 aromatic heterocycles. The minimum absolute atomic E-state index is 0.0421. The van der Waals surface area contributed by atoms with Gasteiger partial charge < -0.3 is 49.0 Å². The van der Waals surface area contributed by atoms with Gasteiger partial charge in [-0.05, 0) is 170 Å². The van der Waals surface area contributed by atoms with Crippen molar-refractivity contribution in [2.75, 3.05) is 84.2 Å². The van der Waals surface area contributed by atoms with Crippen LogP contribution >= 0.6 is 0 Å². The second-order valence-electron chi connectivity index (χ2n) is 24.3. The zero-order valence-electron chi connectivity index (χ0n) is 56.2. The van der Waals surface area contributed by atoms with Crippen LogP contribution in [0.1, 0.15) is 68.0 Å². The van der Waals surface area contributed by atoms with Crippen LogP contribution in [0.4, 0.5) is 99.3 Å². The number of halogens is 3. The topological polar surface area (TPSA) is 110 Å². The van der Waals surface area contributed by atoms with E-state index in [1.165, 1.54) is 68.5 Å². The fourth-order valence-corrected chi connectivity index (χ4v) is 12.9. The van der Waals surface area contributed by atoms with E-state index < -0.39 is 11.7 Å². The van der Waals surface area contributed by atoms with Crippen molar-refractivity contribution in [2.45, 2.75) is 106 Å². The number of pyridine rings is 2. The Morgan fingerprint density at radius 2 is 0.564 bits per heavy atom. The summed E-state index contributed by atoms with van der Waals surface area (Å²) in [7, 11) is 10.3. The molecule has 5 aliphatic rings. The number of alkyl halides is 3. The van der Waals surface area contributed by atoms with E-state index in [2.05, 4.69) is 267 Å². The Morgan fingerprint density at radius 1 is 0.266 bits per heavy atom. The average molecular weight is 1270 g/mol. The molecule has 5 atom stereocenters. The molecule has 16 nitrogen and oxygen atoms in total. The standard InChI is InChI=1S/C17H17F3N2.2C15H17N3.2C14H16N4/c1-11-8-9-13(17(18,19)20)10-16(11)22-12(2)21(3)14-6-4-5-7-15(14)22;1-11-7-4-5-8-13(11)18-12(2)17(3)15-14(18)9-6-10-16-15;1-11-7-4-5-8-13(11)18-12(2)17(3)14-9-6-10-16-15(14)18;2*1-10-6-4-5-7-12(10)18-11(2)17(3)13-14(18)16-9-8-15-13/h4-10,12H,1-3H3;2*4-10,12H,1-3H3;2*4-9,11H,1-3H3/t3*12-;2*11-/m00000/s1. The molecule has 484 valence electrons. The maximum atomic E-state index is 13.0. The van der Waals surface area contributed by atoms with Crippen molar-refractivity contribution in [3.63, 3.8) is 0 Å². The number of para-hydroxylation sites is 6. The van der Waals surface area contributed by atoms with Gasteiger partial charge in [0.15, 0.2) is 34.9 Å². The first kappa shape index (κ1) is 65.1. The molecule has 0 radical (unpaired) electrons. The third-order valence-electron chi connectivity index (χ3n) is 18.7. The number of anilines is 15. The molecule has 0 aliphatic carbocycles.